The average molecular weight is 443 g/mol. The van der Waals surface area contributed by atoms with Crippen molar-refractivity contribution >= 4 is 35.4 Å². The van der Waals surface area contributed by atoms with E-state index >= 15 is 0 Å². The lowest BCUT2D eigenvalue weighted by atomic mass is 9.76. The van der Waals surface area contributed by atoms with Gasteiger partial charge in [-0.2, -0.15) is 0 Å². The van der Waals surface area contributed by atoms with Crippen molar-refractivity contribution in [1.29, 1.82) is 0 Å². The van der Waals surface area contributed by atoms with Crippen LogP contribution in [0.2, 0.25) is 0 Å². The van der Waals surface area contributed by atoms with E-state index in [0.29, 0.717) is 0 Å². The van der Waals surface area contributed by atoms with Crippen molar-refractivity contribution in [3.05, 3.63) is 42.0 Å². The third-order valence-electron chi connectivity index (χ3n) is 5.63. The van der Waals surface area contributed by atoms with E-state index in [4.69, 9.17) is 18.9 Å². The third kappa shape index (κ3) is 3.27. The zero-order chi connectivity index (χ0) is 23.2. The maximum atomic E-state index is 13.4. The Bertz CT molecular complexity index is 1010. The molecule has 0 radical (unpaired) electrons. The quantitative estimate of drug-likeness (QED) is 0.275. The van der Waals surface area contributed by atoms with E-state index < -0.39 is 59.6 Å². The number of nitrogens with zero attached hydrogens (tertiary/aromatic N) is 1. The average Bonchev–Trinajstić information content (AvgIpc) is 3.38. The van der Waals surface area contributed by atoms with Gasteiger partial charge in [-0.1, -0.05) is 6.08 Å². The van der Waals surface area contributed by atoms with Crippen LogP contribution in [0.4, 0.5) is 5.69 Å². The summed E-state index contributed by atoms with van der Waals surface area (Å²) < 4.78 is 21.2. The fraction of sp³-hybridized carbons (Fsp3) is 0.409. The molecule has 10 nitrogen and oxygen atoms in total. The van der Waals surface area contributed by atoms with Crippen LogP contribution in [0.15, 0.2) is 36.4 Å². The number of carbonyl (C=O) groups is 5. The highest BCUT2D eigenvalue weighted by molar-refractivity contribution is 6.23. The van der Waals surface area contributed by atoms with Gasteiger partial charge in [-0.05, 0) is 37.3 Å². The second kappa shape index (κ2) is 7.86. The van der Waals surface area contributed by atoms with Gasteiger partial charge in [0.2, 0.25) is 11.8 Å². The SMILES string of the molecule is CCOC(=O)c1ccc(N2C(=O)[C@@H]3[C@@H]4C=C[C@@](C(OC(C)=O)OC(C)=O)(O4)[C@@H]3C2=O)cc1. The summed E-state index contributed by atoms with van der Waals surface area (Å²) in [4.78, 5) is 62.8. The number of benzene rings is 1. The predicted molar refractivity (Wildman–Crippen MR) is 106 cm³/mol. The maximum Gasteiger partial charge on any atom is 0.338 e. The van der Waals surface area contributed by atoms with E-state index in [-0.39, 0.29) is 17.9 Å². The number of imide groups is 1. The highest BCUT2D eigenvalue weighted by Gasteiger charge is 2.72. The number of ether oxygens (including phenoxy) is 4. The molecule has 10 heteroatoms. The number of fused-ring (bicyclic) bond motifs is 5. The van der Waals surface area contributed by atoms with Crippen molar-refractivity contribution in [3.63, 3.8) is 0 Å². The summed E-state index contributed by atoms with van der Waals surface area (Å²) in [6.07, 6.45) is 0.832. The Kier molecular flexibility index (Phi) is 5.33. The number of anilines is 1. The van der Waals surface area contributed by atoms with Crippen molar-refractivity contribution in [3.8, 4) is 0 Å². The molecule has 0 aliphatic carbocycles. The molecule has 0 aromatic heterocycles. The number of amides is 2. The second-order valence-corrected chi connectivity index (χ2v) is 7.63. The molecule has 0 N–H and O–H groups in total. The van der Waals surface area contributed by atoms with Crippen LogP contribution in [0.3, 0.4) is 0 Å². The predicted octanol–water partition coefficient (Wildman–Crippen LogP) is 1.13. The molecule has 2 bridgehead atoms. The second-order valence-electron chi connectivity index (χ2n) is 7.63. The van der Waals surface area contributed by atoms with Gasteiger partial charge in [0.15, 0.2) is 5.60 Å². The summed E-state index contributed by atoms with van der Waals surface area (Å²) in [5.41, 5.74) is -1.06. The first-order valence-electron chi connectivity index (χ1n) is 10.1. The Balaban J connectivity index is 1.66. The van der Waals surface area contributed by atoms with Gasteiger partial charge in [-0.3, -0.25) is 19.2 Å². The van der Waals surface area contributed by atoms with Crippen LogP contribution in [0, 0.1) is 11.8 Å². The first-order valence-corrected chi connectivity index (χ1v) is 10.1. The number of rotatable bonds is 6. The molecular formula is C22H21NO9. The van der Waals surface area contributed by atoms with Crippen LogP contribution >= 0.6 is 0 Å². The molecule has 4 atom stereocenters. The molecule has 1 aromatic carbocycles. The fourth-order valence-electron chi connectivity index (χ4n) is 4.43. The number of hydrogen-bond donors (Lipinski definition) is 0. The maximum absolute atomic E-state index is 13.4. The minimum atomic E-state index is -1.61. The fourth-order valence-corrected chi connectivity index (χ4v) is 4.43. The molecule has 2 saturated heterocycles. The van der Waals surface area contributed by atoms with E-state index in [2.05, 4.69) is 0 Å². The van der Waals surface area contributed by atoms with Gasteiger partial charge in [-0.15, -0.1) is 0 Å². The van der Waals surface area contributed by atoms with Crippen molar-refractivity contribution in [1.82, 2.24) is 0 Å². The highest BCUT2D eigenvalue weighted by atomic mass is 16.7. The van der Waals surface area contributed by atoms with Gasteiger partial charge in [0, 0.05) is 13.8 Å². The van der Waals surface area contributed by atoms with Crippen LogP contribution in [0.1, 0.15) is 31.1 Å². The van der Waals surface area contributed by atoms with E-state index in [9.17, 15) is 24.0 Å². The molecule has 4 rings (SSSR count). The largest absolute Gasteiger partial charge is 0.462 e. The Hall–Kier alpha value is -3.53. The molecule has 0 unspecified atom stereocenters. The Morgan fingerprint density at radius 3 is 2.25 bits per heavy atom. The Morgan fingerprint density at radius 1 is 1.06 bits per heavy atom. The van der Waals surface area contributed by atoms with Crippen LogP contribution in [0.5, 0.6) is 0 Å². The van der Waals surface area contributed by atoms with Crippen molar-refractivity contribution < 1.29 is 42.9 Å². The van der Waals surface area contributed by atoms with Crippen LogP contribution in [-0.2, 0) is 38.1 Å². The highest BCUT2D eigenvalue weighted by Crippen LogP contribution is 2.54. The number of esters is 3. The zero-order valence-corrected chi connectivity index (χ0v) is 17.6. The van der Waals surface area contributed by atoms with E-state index in [1.165, 1.54) is 30.3 Å². The molecule has 2 fully saturated rings. The summed E-state index contributed by atoms with van der Waals surface area (Å²) in [7, 11) is 0. The molecule has 1 aromatic rings. The third-order valence-corrected chi connectivity index (χ3v) is 5.63. The lowest BCUT2D eigenvalue weighted by Crippen LogP contribution is -2.52. The summed E-state index contributed by atoms with van der Waals surface area (Å²) in [5.74, 6) is -5.00. The molecule has 0 spiro atoms. The van der Waals surface area contributed by atoms with Crippen molar-refractivity contribution in [2.24, 2.45) is 11.8 Å². The van der Waals surface area contributed by atoms with Crippen molar-refractivity contribution in [2.45, 2.75) is 38.8 Å². The minimum Gasteiger partial charge on any atom is -0.462 e. The van der Waals surface area contributed by atoms with Crippen LogP contribution in [0.25, 0.3) is 0 Å². The molecule has 32 heavy (non-hydrogen) atoms. The smallest absolute Gasteiger partial charge is 0.338 e. The lowest BCUT2D eigenvalue weighted by molar-refractivity contribution is -0.226. The zero-order valence-electron chi connectivity index (χ0n) is 17.6. The first kappa shape index (κ1) is 21.7. The van der Waals surface area contributed by atoms with E-state index in [0.717, 1.165) is 18.7 Å². The Labute approximate surface area is 183 Å². The summed E-state index contributed by atoms with van der Waals surface area (Å²) in [5, 5.41) is 0. The molecule has 0 saturated carbocycles. The molecule has 168 valence electrons. The normalized spacial score (nSPS) is 27.6. The van der Waals surface area contributed by atoms with Gasteiger partial charge in [-0.25, -0.2) is 9.69 Å². The minimum absolute atomic E-state index is 0.218. The summed E-state index contributed by atoms with van der Waals surface area (Å²) in [6, 6.07) is 5.87. The Morgan fingerprint density at radius 2 is 1.69 bits per heavy atom. The van der Waals surface area contributed by atoms with E-state index in [1.54, 1.807) is 13.0 Å². The topological polar surface area (TPSA) is 126 Å². The molecule has 3 aliphatic heterocycles. The molecule has 3 heterocycles. The molecular weight excluding hydrogens is 422 g/mol. The van der Waals surface area contributed by atoms with Crippen molar-refractivity contribution in [2.75, 3.05) is 11.5 Å². The first-order chi connectivity index (χ1) is 15.2. The van der Waals surface area contributed by atoms with Gasteiger partial charge in [0.05, 0.1) is 35.8 Å². The van der Waals surface area contributed by atoms with Gasteiger partial charge >= 0.3 is 17.9 Å². The van der Waals surface area contributed by atoms with E-state index in [1.807, 2.05) is 0 Å². The molecule has 2 amide bonds. The number of carbonyl (C=O) groups excluding carboxylic acids is 5. The monoisotopic (exact) mass is 443 g/mol. The summed E-state index contributed by atoms with van der Waals surface area (Å²) >= 11 is 0. The van der Waals surface area contributed by atoms with Gasteiger partial charge in [0.25, 0.3) is 6.29 Å². The number of hydrogen-bond acceptors (Lipinski definition) is 9. The standard InChI is InChI=1S/C22H21NO9/c1-4-29-20(28)13-5-7-14(8-6-13)23-18(26)16-15-9-10-22(32-15,17(16)19(23)27)21(30-11(2)24)31-12(3)25/h5-10,15-17,21H,4H2,1-3H3/t15-,16+,17-,22+/m0/s1. The lowest BCUT2D eigenvalue weighted by Gasteiger charge is -2.34. The van der Waals surface area contributed by atoms with Gasteiger partial charge in [0.1, 0.15) is 0 Å². The van der Waals surface area contributed by atoms with Gasteiger partial charge < -0.3 is 18.9 Å². The van der Waals surface area contributed by atoms with Crippen LogP contribution < -0.4 is 4.90 Å². The van der Waals surface area contributed by atoms with Crippen LogP contribution in [-0.4, -0.2) is 54.3 Å². The summed E-state index contributed by atoms with van der Waals surface area (Å²) in [6.45, 7) is 4.17. The molecule has 3 aliphatic rings.